The van der Waals surface area contributed by atoms with E-state index in [1.807, 2.05) is 6.08 Å². The number of fused-ring (bicyclic) bond motifs is 1. The Morgan fingerprint density at radius 1 is 1.38 bits per heavy atom. The van der Waals surface area contributed by atoms with Gasteiger partial charge in [-0.3, -0.25) is 0 Å². The minimum Gasteiger partial charge on any atom is -0.364 e. The fourth-order valence-corrected chi connectivity index (χ4v) is 2.53. The molecule has 82 valence electrons. The number of nitrogens with zero attached hydrogens (tertiary/aromatic N) is 1. The summed E-state index contributed by atoms with van der Waals surface area (Å²) >= 11 is 0. The van der Waals surface area contributed by atoms with Gasteiger partial charge in [-0.15, -0.1) is 0 Å². The Morgan fingerprint density at radius 3 is 2.81 bits per heavy atom. The molecule has 3 rings (SSSR count). The molecule has 1 nitrogen and oxygen atoms in total. The van der Waals surface area contributed by atoms with Crippen molar-refractivity contribution in [3.8, 4) is 0 Å². The maximum atomic E-state index is 3.89. The predicted octanol–water partition coefficient (Wildman–Crippen LogP) is 3.27. The molecule has 0 saturated heterocycles. The highest BCUT2D eigenvalue weighted by Crippen LogP contribution is 2.46. The molecule has 1 aromatic carbocycles. The third-order valence-electron chi connectivity index (χ3n) is 3.60. The Kier molecular flexibility index (Phi) is 2.13. The third kappa shape index (κ3) is 1.57. The van der Waals surface area contributed by atoms with Crippen molar-refractivity contribution in [2.45, 2.75) is 25.9 Å². The molecule has 1 aliphatic heterocycles. The molecule has 1 heteroatoms. The van der Waals surface area contributed by atoms with Crippen LogP contribution in [0.25, 0.3) is 0 Å². The summed E-state index contributed by atoms with van der Waals surface area (Å²) in [6.45, 7) is 7.05. The van der Waals surface area contributed by atoms with Crippen LogP contribution in [0.1, 0.15) is 17.5 Å². The van der Waals surface area contributed by atoms with Crippen molar-refractivity contribution >= 4 is 0 Å². The number of hydrogen-bond donors (Lipinski definition) is 0. The highest BCUT2D eigenvalue weighted by atomic mass is 15.2. The highest BCUT2D eigenvalue weighted by molar-refractivity contribution is 5.32. The van der Waals surface area contributed by atoms with Gasteiger partial charge in [-0.2, -0.15) is 0 Å². The van der Waals surface area contributed by atoms with E-state index in [9.17, 15) is 0 Å². The Labute approximate surface area is 97.1 Å². The quantitative estimate of drug-likeness (QED) is 0.741. The van der Waals surface area contributed by atoms with E-state index in [2.05, 4.69) is 48.7 Å². The summed E-state index contributed by atoms with van der Waals surface area (Å²) < 4.78 is 0. The van der Waals surface area contributed by atoms with Crippen LogP contribution in [0, 0.1) is 12.8 Å². The first kappa shape index (κ1) is 9.71. The van der Waals surface area contributed by atoms with Crippen LogP contribution in [0.5, 0.6) is 0 Å². The van der Waals surface area contributed by atoms with Gasteiger partial charge in [0.1, 0.15) is 0 Å². The largest absolute Gasteiger partial charge is 0.364 e. The van der Waals surface area contributed by atoms with Crippen molar-refractivity contribution in [3.05, 3.63) is 59.8 Å². The molecule has 1 heterocycles. The zero-order chi connectivity index (χ0) is 11.1. The summed E-state index contributed by atoms with van der Waals surface area (Å²) in [6.07, 6.45) is 5.69. The molecular formula is C15H17N. The lowest BCUT2D eigenvalue weighted by atomic mass is 10.1. The molecule has 2 aliphatic rings. The molecule has 0 bridgehead atoms. The SMILES string of the molecule is C=CC1=CC2CC2N1Cc1ccc(C)cc1. The van der Waals surface area contributed by atoms with Gasteiger partial charge in [-0.25, -0.2) is 0 Å². The molecule has 1 fully saturated rings. The van der Waals surface area contributed by atoms with Gasteiger partial charge >= 0.3 is 0 Å². The highest BCUT2D eigenvalue weighted by Gasteiger charge is 2.45. The lowest BCUT2D eigenvalue weighted by Gasteiger charge is -2.22. The third-order valence-corrected chi connectivity index (χ3v) is 3.60. The fourth-order valence-electron chi connectivity index (χ4n) is 2.53. The van der Waals surface area contributed by atoms with E-state index in [0.29, 0.717) is 0 Å². The first-order valence-corrected chi connectivity index (χ1v) is 5.94. The second kappa shape index (κ2) is 3.51. The number of benzene rings is 1. The maximum absolute atomic E-state index is 3.89. The van der Waals surface area contributed by atoms with Gasteiger partial charge in [0.2, 0.25) is 0 Å². The maximum Gasteiger partial charge on any atom is 0.0432 e. The van der Waals surface area contributed by atoms with E-state index in [1.54, 1.807) is 0 Å². The summed E-state index contributed by atoms with van der Waals surface area (Å²) in [5, 5.41) is 0. The van der Waals surface area contributed by atoms with Crippen LogP contribution >= 0.6 is 0 Å². The number of hydrogen-bond acceptors (Lipinski definition) is 1. The summed E-state index contributed by atoms with van der Waals surface area (Å²) in [4.78, 5) is 2.49. The Bertz CT molecular complexity index is 441. The molecule has 0 spiro atoms. The molecule has 0 N–H and O–H groups in total. The average molecular weight is 211 g/mol. The van der Waals surface area contributed by atoms with Crippen LogP contribution in [0.2, 0.25) is 0 Å². The minimum absolute atomic E-state index is 0.759. The monoisotopic (exact) mass is 211 g/mol. The van der Waals surface area contributed by atoms with Crippen molar-refractivity contribution in [2.75, 3.05) is 0 Å². The summed E-state index contributed by atoms with van der Waals surface area (Å²) in [6, 6.07) is 9.59. The standard InChI is InChI=1S/C15H17N/c1-3-14-8-13-9-15(13)16(14)10-12-6-4-11(2)5-7-12/h3-8,13,15H,1,9-10H2,2H3. The molecule has 2 unspecified atom stereocenters. The fraction of sp³-hybridized carbons (Fsp3) is 0.333. The lowest BCUT2D eigenvalue weighted by molar-refractivity contribution is 0.347. The summed E-state index contributed by atoms with van der Waals surface area (Å²) in [7, 11) is 0. The molecule has 1 saturated carbocycles. The Hall–Kier alpha value is -1.50. The second-order valence-electron chi connectivity index (χ2n) is 4.88. The first-order valence-electron chi connectivity index (χ1n) is 5.94. The van der Waals surface area contributed by atoms with E-state index in [1.165, 1.54) is 23.2 Å². The van der Waals surface area contributed by atoms with Gasteiger partial charge in [-0.1, -0.05) is 42.5 Å². The normalized spacial score (nSPS) is 26.3. The zero-order valence-electron chi connectivity index (χ0n) is 9.69. The predicted molar refractivity (Wildman–Crippen MR) is 66.9 cm³/mol. The van der Waals surface area contributed by atoms with Gasteiger partial charge in [0.05, 0.1) is 0 Å². The van der Waals surface area contributed by atoms with E-state index in [-0.39, 0.29) is 0 Å². The number of aryl methyl sites for hydroxylation is 1. The van der Waals surface area contributed by atoms with Crippen LogP contribution in [0.3, 0.4) is 0 Å². The molecule has 0 radical (unpaired) electrons. The van der Waals surface area contributed by atoms with Crippen molar-refractivity contribution in [1.29, 1.82) is 0 Å². The van der Waals surface area contributed by atoms with E-state index >= 15 is 0 Å². The van der Waals surface area contributed by atoms with Crippen LogP contribution in [0.15, 0.2) is 48.7 Å². The summed E-state index contributed by atoms with van der Waals surface area (Å²) in [5.41, 5.74) is 4.04. The smallest absolute Gasteiger partial charge is 0.0432 e. The van der Waals surface area contributed by atoms with Crippen LogP contribution in [-0.2, 0) is 6.54 Å². The van der Waals surface area contributed by atoms with Crippen molar-refractivity contribution < 1.29 is 0 Å². The first-order chi connectivity index (χ1) is 7.78. The van der Waals surface area contributed by atoms with E-state index in [0.717, 1.165) is 18.5 Å². The van der Waals surface area contributed by atoms with Gasteiger partial charge < -0.3 is 4.90 Å². The van der Waals surface area contributed by atoms with Crippen LogP contribution in [-0.4, -0.2) is 10.9 Å². The van der Waals surface area contributed by atoms with E-state index in [4.69, 9.17) is 0 Å². The molecular weight excluding hydrogens is 194 g/mol. The Morgan fingerprint density at radius 2 is 2.12 bits per heavy atom. The molecule has 0 amide bonds. The lowest BCUT2D eigenvalue weighted by Crippen LogP contribution is -2.21. The molecule has 16 heavy (non-hydrogen) atoms. The molecule has 1 aliphatic carbocycles. The van der Waals surface area contributed by atoms with Crippen molar-refractivity contribution in [1.82, 2.24) is 4.90 Å². The minimum atomic E-state index is 0.759. The average Bonchev–Trinajstić information content (AvgIpc) is 2.98. The van der Waals surface area contributed by atoms with Crippen molar-refractivity contribution in [3.63, 3.8) is 0 Å². The summed E-state index contributed by atoms with van der Waals surface area (Å²) in [5.74, 6) is 0.804. The second-order valence-corrected chi connectivity index (χ2v) is 4.88. The van der Waals surface area contributed by atoms with Gasteiger partial charge in [0.15, 0.2) is 0 Å². The number of allylic oxidation sites excluding steroid dienone is 1. The van der Waals surface area contributed by atoms with Crippen LogP contribution < -0.4 is 0 Å². The molecule has 2 atom stereocenters. The van der Waals surface area contributed by atoms with E-state index < -0.39 is 0 Å². The van der Waals surface area contributed by atoms with Gasteiger partial charge in [0.25, 0.3) is 0 Å². The van der Waals surface area contributed by atoms with Gasteiger partial charge in [0, 0.05) is 24.2 Å². The van der Waals surface area contributed by atoms with Crippen LogP contribution in [0.4, 0.5) is 0 Å². The Balaban J connectivity index is 1.77. The number of rotatable bonds is 3. The van der Waals surface area contributed by atoms with Crippen molar-refractivity contribution in [2.24, 2.45) is 5.92 Å². The zero-order valence-corrected chi connectivity index (χ0v) is 9.69. The van der Waals surface area contributed by atoms with Gasteiger partial charge in [-0.05, 0) is 25.0 Å². The molecule has 1 aromatic rings. The topological polar surface area (TPSA) is 3.24 Å². The molecule has 0 aromatic heterocycles.